The van der Waals surface area contributed by atoms with Crippen molar-refractivity contribution in [2.24, 2.45) is 4.99 Å². The zero-order chi connectivity index (χ0) is 26.4. The summed E-state index contributed by atoms with van der Waals surface area (Å²) in [5.74, 6) is -0.794. The molecule has 0 unspecified atom stereocenters. The molecule has 6 nitrogen and oxygen atoms in total. The summed E-state index contributed by atoms with van der Waals surface area (Å²) in [6.07, 6.45) is 0.564. The number of rotatable bonds is 8. The number of carbonyl (C=O) groups excluding carboxylic acids is 2. The maximum atomic E-state index is 13.1. The van der Waals surface area contributed by atoms with Crippen molar-refractivity contribution < 1.29 is 23.1 Å². The van der Waals surface area contributed by atoms with Crippen LogP contribution in [0.5, 0.6) is 5.75 Å². The minimum absolute atomic E-state index is 0.0232. The molecule has 0 bridgehead atoms. The lowest BCUT2D eigenvalue weighted by Gasteiger charge is -2.32. The van der Waals surface area contributed by atoms with Gasteiger partial charge in [0.2, 0.25) is 11.8 Å². The van der Waals surface area contributed by atoms with Crippen LogP contribution >= 0.6 is 35.0 Å². The number of ether oxygens (including phenoxy) is 1. The fraction of sp³-hybridized carbons (Fsp3) is 0.192. The molecule has 3 aromatic rings. The Kier molecular flexibility index (Phi) is 8.68. The summed E-state index contributed by atoms with van der Waals surface area (Å²) in [6, 6.07) is 21.9. The Morgan fingerprint density at radius 2 is 1.76 bits per heavy atom. The number of anilines is 1. The van der Waals surface area contributed by atoms with Crippen LogP contribution in [-0.2, 0) is 16.0 Å². The van der Waals surface area contributed by atoms with Gasteiger partial charge in [-0.25, -0.2) is 4.99 Å². The molecule has 1 saturated heterocycles. The van der Waals surface area contributed by atoms with Gasteiger partial charge in [-0.3, -0.25) is 14.5 Å². The van der Waals surface area contributed by atoms with Crippen LogP contribution in [0.25, 0.3) is 0 Å². The van der Waals surface area contributed by atoms with Crippen molar-refractivity contribution in [3.63, 3.8) is 0 Å². The van der Waals surface area contributed by atoms with Crippen LogP contribution in [0.1, 0.15) is 12.0 Å². The van der Waals surface area contributed by atoms with Crippen molar-refractivity contribution in [2.75, 3.05) is 11.9 Å². The van der Waals surface area contributed by atoms with E-state index in [1.54, 1.807) is 17.0 Å². The van der Waals surface area contributed by atoms with Crippen LogP contribution in [0.4, 0.5) is 20.2 Å². The first-order valence-electron chi connectivity index (χ1n) is 11.2. The van der Waals surface area contributed by atoms with E-state index in [2.05, 4.69) is 15.0 Å². The third-order valence-electron chi connectivity index (χ3n) is 5.31. The number of halogens is 4. The van der Waals surface area contributed by atoms with Crippen molar-refractivity contribution in [3.05, 3.63) is 89.4 Å². The molecule has 3 aromatic carbocycles. The molecule has 1 heterocycles. The Morgan fingerprint density at radius 1 is 1.08 bits per heavy atom. The molecule has 11 heteroatoms. The number of hydrogen-bond acceptors (Lipinski definition) is 5. The summed E-state index contributed by atoms with van der Waals surface area (Å²) in [4.78, 5) is 32.4. The molecule has 37 heavy (non-hydrogen) atoms. The number of para-hydroxylation sites is 1. The lowest BCUT2D eigenvalue weighted by atomic mass is 10.1. The summed E-state index contributed by atoms with van der Waals surface area (Å²) in [5.41, 5.74) is -1.81. The number of hydrogen-bond donors (Lipinski definition) is 1. The smallest absolute Gasteiger partial charge is 0.420 e. The number of aliphatic imine (C=N–C) groups is 1. The van der Waals surface area contributed by atoms with E-state index < -0.39 is 16.7 Å². The summed E-state index contributed by atoms with van der Waals surface area (Å²) in [6.45, 7) is 0.389. The maximum absolute atomic E-state index is 13.1. The number of alkyl halides is 3. The highest BCUT2D eigenvalue weighted by Gasteiger charge is 2.36. The quantitative estimate of drug-likeness (QED) is 0.309. The van der Waals surface area contributed by atoms with E-state index >= 15 is 0 Å². The number of nitrogens with one attached hydrogen (secondary N) is 1. The molecule has 0 aliphatic carbocycles. The maximum Gasteiger partial charge on any atom is 0.487 e. The first-order valence-corrected chi connectivity index (χ1v) is 12.8. The zero-order valence-electron chi connectivity index (χ0n) is 19.2. The van der Waals surface area contributed by atoms with Crippen molar-refractivity contribution in [1.82, 2.24) is 4.90 Å². The number of carbonyl (C=O) groups is 2. The van der Waals surface area contributed by atoms with Gasteiger partial charge in [0.1, 0.15) is 11.0 Å². The normalized spacial score (nSPS) is 17.1. The largest absolute Gasteiger partial charge is 0.487 e. The van der Waals surface area contributed by atoms with E-state index in [0.29, 0.717) is 34.5 Å². The molecule has 1 aliphatic heterocycles. The summed E-state index contributed by atoms with van der Waals surface area (Å²) in [5, 5.41) is 3.03. The van der Waals surface area contributed by atoms with Gasteiger partial charge < -0.3 is 10.1 Å². The van der Waals surface area contributed by atoms with Crippen LogP contribution in [0.15, 0.2) is 83.9 Å². The number of amidine groups is 1. The highest BCUT2D eigenvalue weighted by Crippen LogP contribution is 2.31. The van der Waals surface area contributed by atoms with Crippen molar-refractivity contribution >= 4 is 63.3 Å². The molecule has 1 aliphatic rings. The first kappa shape index (κ1) is 26.9. The minimum atomic E-state index is -3.84. The van der Waals surface area contributed by atoms with Crippen LogP contribution in [0.2, 0.25) is 5.02 Å². The van der Waals surface area contributed by atoms with E-state index in [-0.39, 0.29) is 18.1 Å². The summed E-state index contributed by atoms with van der Waals surface area (Å²) < 4.78 is 29.9. The monoisotopic (exact) mass is 563 g/mol. The lowest BCUT2D eigenvalue weighted by molar-refractivity contribution is -0.129. The first-order chi connectivity index (χ1) is 17.7. The fourth-order valence-electron chi connectivity index (χ4n) is 3.53. The molecule has 1 fully saturated rings. The highest BCUT2D eigenvalue weighted by molar-refractivity contribution is 8.15. The van der Waals surface area contributed by atoms with Crippen molar-refractivity contribution in [3.8, 4) is 5.75 Å². The molecule has 0 radical (unpaired) electrons. The zero-order valence-corrected chi connectivity index (χ0v) is 21.6. The van der Waals surface area contributed by atoms with Gasteiger partial charge >= 0.3 is 5.57 Å². The van der Waals surface area contributed by atoms with E-state index in [1.807, 2.05) is 42.5 Å². The topological polar surface area (TPSA) is 71.0 Å². The fourth-order valence-corrected chi connectivity index (χ4v) is 4.87. The van der Waals surface area contributed by atoms with Gasteiger partial charge in [-0.05, 0) is 60.5 Å². The van der Waals surface area contributed by atoms with E-state index in [1.165, 1.54) is 36.0 Å². The Balaban J connectivity index is 1.48. The Morgan fingerprint density at radius 3 is 2.41 bits per heavy atom. The number of benzene rings is 3. The molecule has 0 spiro atoms. The second-order valence-electron chi connectivity index (χ2n) is 8.02. The molecule has 0 saturated carbocycles. The predicted octanol–water partition coefficient (Wildman–Crippen LogP) is 6.71. The lowest BCUT2D eigenvalue weighted by Crippen LogP contribution is -2.46. The molecule has 1 atom stereocenters. The van der Waals surface area contributed by atoms with Crippen LogP contribution < -0.4 is 10.1 Å². The van der Waals surface area contributed by atoms with E-state index in [4.69, 9.17) is 23.2 Å². The molecule has 2 amide bonds. The second-order valence-corrected chi connectivity index (χ2v) is 10.1. The van der Waals surface area contributed by atoms with Gasteiger partial charge in [-0.2, -0.15) is 0 Å². The number of thioether (sulfide) groups is 1. The molecule has 0 aromatic heterocycles. The van der Waals surface area contributed by atoms with Crippen molar-refractivity contribution in [2.45, 2.75) is 23.7 Å². The van der Waals surface area contributed by atoms with Gasteiger partial charge in [-0.1, -0.05) is 53.7 Å². The summed E-state index contributed by atoms with van der Waals surface area (Å²) >= 11 is 11.9. The van der Waals surface area contributed by atoms with E-state index in [0.717, 1.165) is 5.56 Å². The SMILES string of the molecule is O=C(Nc1ccc(OC(F)(F)Cl)cc1)[C@@H]1CC(=O)N(CCc2ccc(Cl)cc2)C(=Nc2ccccc2)S1. The van der Waals surface area contributed by atoms with E-state index in [9.17, 15) is 18.4 Å². The average Bonchev–Trinajstić information content (AvgIpc) is 2.85. The predicted molar refractivity (Wildman–Crippen MR) is 143 cm³/mol. The van der Waals surface area contributed by atoms with Gasteiger partial charge in [0, 0.05) is 35.3 Å². The molecule has 4 rings (SSSR count). The Hall–Kier alpha value is -3.14. The summed E-state index contributed by atoms with van der Waals surface area (Å²) in [7, 11) is 0. The van der Waals surface area contributed by atoms with Crippen LogP contribution in [0, 0.1) is 0 Å². The molecular formula is C26H21Cl2F2N3O3S. The van der Waals surface area contributed by atoms with Crippen molar-refractivity contribution in [1.29, 1.82) is 0 Å². The van der Waals surface area contributed by atoms with Gasteiger partial charge in [0.05, 0.1) is 5.69 Å². The molecule has 1 N–H and O–H groups in total. The van der Waals surface area contributed by atoms with Crippen LogP contribution in [0.3, 0.4) is 0 Å². The number of amides is 2. The Labute approximate surface area is 226 Å². The highest BCUT2D eigenvalue weighted by atomic mass is 35.5. The third kappa shape index (κ3) is 7.92. The van der Waals surface area contributed by atoms with Crippen LogP contribution in [-0.4, -0.2) is 39.2 Å². The number of nitrogens with zero attached hydrogens (tertiary/aromatic N) is 2. The molecule has 192 valence electrons. The van der Waals surface area contributed by atoms with Gasteiger partial charge in [-0.15, -0.1) is 8.78 Å². The minimum Gasteiger partial charge on any atom is -0.420 e. The second kappa shape index (κ2) is 11.9. The van der Waals surface area contributed by atoms with Gasteiger partial charge in [0.15, 0.2) is 5.17 Å². The average molecular weight is 564 g/mol. The standard InChI is InChI=1S/C26H21Cl2F2N3O3S/c27-18-8-6-17(7-9-18)14-15-33-23(34)16-22(37-25(33)32-19-4-2-1-3-5-19)24(35)31-20-10-12-21(13-11-20)36-26(28,29)30/h1-13,22H,14-16H2,(H,31,35)/t22-/m0/s1. The van der Waals surface area contributed by atoms with Gasteiger partial charge in [0.25, 0.3) is 0 Å². The third-order valence-corrected chi connectivity index (χ3v) is 6.82. The Bertz CT molecular complexity index is 1270. The molecular weight excluding hydrogens is 543 g/mol.